The van der Waals surface area contributed by atoms with E-state index in [1.54, 1.807) is 6.26 Å². The first-order valence-electron chi connectivity index (χ1n) is 30.1. The number of ether oxygens (including phenoxy) is 4. The summed E-state index contributed by atoms with van der Waals surface area (Å²) in [4.78, 5) is 49.4. The van der Waals surface area contributed by atoms with Crippen molar-refractivity contribution in [3.63, 3.8) is 0 Å². The molecule has 12 aliphatic rings. The molecule has 5 saturated carbocycles. The molecule has 4 N–H and O–H groups in total. The van der Waals surface area contributed by atoms with Gasteiger partial charge in [0.25, 0.3) is 0 Å². The number of nitrogens with zero attached hydrogens (tertiary/aromatic N) is 1. The number of esters is 2. The van der Waals surface area contributed by atoms with E-state index in [1.165, 1.54) is 5.56 Å². The first-order chi connectivity index (χ1) is 37.1. The molecule has 13 nitrogen and oxygen atoms in total. The number of cyclic esters (lactones) is 1. The first kappa shape index (κ1) is 51.1. The monoisotopic (exact) mass is 1050 g/mol. The van der Waals surface area contributed by atoms with E-state index >= 15 is 9.59 Å². The Hall–Kier alpha value is -4.03. The number of furan rings is 1. The summed E-state index contributed by atoms with van der Waals surface area (Å²) in [6.45, 7) is 10.1. The highest BCUT2D eigenvalue weighted by atomic mass is 16.7. The third kappa shape index (κ3) is 6.72. The van der Waals surface area contributed by atoms with Gasteiger partial charge in [-0.15, -0.1) is 0 Å². The zero-order valence-electron chi connectivity index (χ0n) is 45.8. The summed E-state index contributed by atoms with van der Waals surface area (Å²) < 4.78 is 35.6. The molecule has 0 radical (unpaired) electrons. The molecular formula is C64H82N2O11. The lowest BCUT2D eigenvalue weighted by Crippen LogP contribution is -2.81. The van der Waals surface area contributed by atoms with Crippen molar-refractivity contribution in [2.45, 2.75) is 184 Å². The van der Waals surface area contributed by atoms with Crippen LogP contribution in [-0.2, 0) is 51.8 Å². The molecule has 1 aromatic carbocycles. The van der Waals surface area contributed by atoms with Crippen molar-refractivity contribution >= 4 is 17.7 Å². The van der Waals surface area contributed by atoms with E-state index in [9.17, 15) is 20.1 Å². The number of epoxide rings is 1. The van der Waals surface area contributed by atoms with Crippen LogP contribution in [0.2, 0.25) is 0 Å². The van der Waals surface area contributed by atoms with Gasteiger partial charge in [-0.2, -0.15) is 0 Å². The lowest BCUT2D eigenvalue weighted by atomic mass is 9.30. The molecule has 5 saturated heterocycles. The van der Waals surface area contributed by atoms with Crippen LogP contribution in [0.4, 0.5) is 0 Å². The summed E-state index contributed by atoms with van der Waals surface area (Å²) in [5, 5.41) is 40.5. The predicted molar refractivity (Wildman–Crippen MR) is 283 cm³/mol. The van der Waals surface area contributed by atoms with Crippen LogP contribution >= 0.6 is 0 Å². The Kier molecular flexibility index (Phi) is 11.9. The number of carbonyl (C=O) groups excluding carboxylic acids is 3. The van der Waals surface area contributed by atoms with Crippen LogP contribution in [0.1, 0.15) is 141 Å². The maximum absolute atomic E-state index is 16.7. The number of aliphatic hydroxyl groups excluding tert-OH is 3. The molecule has 20 atom stereocenters. The molecule has 6 aliphatic carbocycles. The number of fused-ring (bicyclic) bond motifs is 5. The van der Waals surface area contributed by atoms with E-state index in [1.807, 2.05) is 12.1 Å². The fourth-order valence-corrected chi connectivity index (χ4v) is 21.1. The maximum atomic E-state index is 16.7. The summed E-state index contributed by atoms with van der Waals surface area (Å²) in [6, 6.07) is 13.0. The number of carbonyl (C=O) groups is 3. The molecule has 414 valence electrons. The average Bonchev–Trinajstić information content (AvgIpc) is 1.80. The Morgan fingerprint density at radius 3 is 2.57 bits per heavy atom. The zero-order valence-corrected chi connectivity index (χ0v) is 45.8. The van der Waals surface area contributed by atoms with Gasteiger partial charge in [0.05, 0.1) is 55.1 Å². The van der Waals surface area contributed by atoms with E-state index in [2.05, 4.69) is 86.3 Å². The smallest absolute Gasteiger partial charge is 0.339 e. The Balaban J connectivity index is 0.934. The van der Waals surface area contributed by atoms with Crippen molar-refractivity contribution in [3.05, 3.63) is 71.8 Å². The van der Waals surface area contributed by atoms with Crippen molar-refractivity contribution in [1.82, 2.24) is 10.2 Å². The lowest BCUT2D eigenvalue weighted by Gasteiger charge is -2.72. The number of hydrogen-bond donors (Lipinski definition) is 4. The molecule has 77 heavy (non-hydrogen) atoms. The summed E-state index contributed by atoms with van der Waals surface area (Å²) in [7, 11) is 0. The summed E-state index contributed by atoms with van der Waals surface area (Å²) in [5.74, 6) is 6.36. The van der Waals surface area contributed by atoms with Crippen LogP contribution in [-0.4, -0.2) is 106 Å². The number of ketones is 1. The van der Waals surface area contributed by atoms with E-state index in [0.29, 0.717) is 80.1 Å². The highest BCUT2D eigenvalue weighted by molar-refractivity contribution is 5.93. The molecule has 2 aromatic rings. The summed E-state index contributed by atoms with van der Waals surface area (Å²) in [5.41, 5.74) is -6.38. The second-order valence-electron chi connectivity index (χ2n) is 27.8. The number of aliphatic hydroxyl groups is 3. The second-order valence-corrected chi connectivity index (χ2v) is 27.8. The topological polar surface area (TPSA) is 181 Å². The van der Waals surface area contributed by atoms with Crippen LogP contribution in [0.3, 0.4) is 0 Å². The molecule has 13 heteroatoms. The fourth-order valence-electron chi connectivity index (χ4n) is 21.1. The van der Waals surface area contributed by atoms with E-state index < -0.39 is 87.3 Å². The van der Waals surface area contributed by atoms with Gasteiger partial charge in [0.2, 0.25) is 0 Å². The van der Waals surface area contributed by atoms with Crippen LogP contribution in [0.15, 0.2) is 59.4 Å². The van der Waals surface area contributed by atoms with Crippen LogP contribution < -0.4 is 5.32 Å². The normalized spacial score (nSPS) is 46.3. The molecule has 6 aliphatic heterocycles. The summed E-state index contributed by atoms with van der Waals surface area (Å²) in [6.07, 6.45) is 13.7. The van der Waals surface area contributed by atoms with E-state index in [0.717, 1.165) is 71.0 Å². The van der Waals surface area contributed by atoms with Gasteiger partial charge in [-0.3, -0.25) is 14.9 Å². The van der Waals surface area contributed by atoms with Gasteiger partial charge >= 0.3 is 11.9 Å². The minimum Gasteiger partial charge on any atom is -0.469 e. The lowest BCUT2D eigenvalue weighted by molar-refractivity contribution is -0.301. The van der Waals surface area contributed by atoms with Crippen LogP contribution in [0, 0.1) is 92.7 Å². The van der Waals surface area contributed by atoms with E-state index in [4.69, 9.17) is 23.4 Å². The first-order valence-corrected chi connectivity index (χ1v) is 30.1. The predicted octanol–water partition coefficient (Wildman–Crippen LogP) is 7.81. The number of allylic oxidation sites excluding steroid dienone is 1. The van der Waals surface area contributed by atoms with Gasteiger partial charge in [-0.05, 0) is 156 Å². The van der Waals surface area contributed by atoms with Gasteiger partial charge in [0.15, 0.2) is 17.5 Å². The van der Waals surface area contributed by atoms with Crippen molar-refractivity contribution in [1.29, 1.82) is 0 Å². The minimum atomic E-state index is -1.55. The number of hydrogen-bond acceptors (Lipinski definition) is 13. The largest absolute Gasteiger partial charge is 0.469 e. The van der Waals surface area contributed by atoms with Crippen molar-refractivity contribution in [3.8, 4) is 11.8 Å². The number of benzene rings is 1. The Bertz CT molecular complexity index is 2780. The minimum absolute atomic E-state index is 0.00341. The van der Waals surface area contributed by atoms with Crippen molar-refractivity contribution in [2.24, 2.45) is 80.8 Å². The standard InChI is InChI=1S/C64H82N2O11/c1-37(2)18-25-58(3)52-51(69)53(70)63-46-30-39(29-38-11-6-5-7-12-38)14-15-40(46)13-10-24-62(45-21-28-73-49(45)32-44(48(68)34-67)41-16-17-43-42(31-41)20-27-66-36-65-33-47(43)66)59(4,64(63)54(75-64)55(71)76-62)26-19-50(63)61(52)35-74-57(72)60(56(61)77-58)22-8-9-23-60/h5-7,11-12,20-21,27-28,37,39-44,46-48,50,52-54,56,65,67-68,70H,8-9,14-19,22-26,29-36H2,1-4H3/t39-,40-,41-,42-,43+,44+,46+,47+,48-,50-,52-,53-,54-,56+,58+,59+,61-,62+,63+,64-/m1/s1. The van der Waals surface area contributed by atoms with Crippen LogP contribution in [0.5, 0.6) is 0 Å². The number of rotatable bonds is 11. The van der Waals surface area contributed by atoms with Crippen molar-refractivity contribution in [2.75, 3.05) is 26.4 Å². The summed E-state index contributed by atoms with van der Waals surface area (Å²) >= 11 is 0. The van der Waals surface area contributed by atoms with Gasteiger partial charge < -0.3 is 43.6 Å². The molecule has 1 aromatic heterocycles. The molecule has 10 fully saturated rings. The molecule has 0 unspecified atom stereocenters. The quantitative estimate of drug-likeness (QED) is 0.0974. The van der Waals surface area contributed by atoms with Crippen LogP contribution in [0.25, 0.3) is 0 Å². The highest BCUT2D eigenvalue weighted by Gasteiger charge is 2.96. The van der Waals surface area contributed by atoms with Crippen molar-refractivity contribution < 1.29 is 53.1 Å². The van der Waals surface area contributed by atoms with Gasteiger partial charge in [-0.1, -0.05) is 81.9 Å². The molecule has 4 bridgehead atoms. The zero-order chi connectivity index (χ0) is 53.1. The second kappa shape index (κ2) is 18.0. The van der Waals surface area contributed by atoms with E-state index in [-0.39, 0.29) is 54.4 Å². The number of nitrogens with one attached hydrogen (secondary N) is 1. The average molecular weight is 1060 g/mol. The third-order valence-electron chi connectivity index (χ3n) is 24.3. The van der Waals surface area contributed by atoms with Gasteiger partial charge in [0, 0.05) is 46.7 Å². The molecule has 14 rings (SSSR count). The maximum Gasteiger partial charge on any atom is 0.339 e. The fraction of sp³-hybridized carbons (Fsp3) is 0.734. The number of Topliss-reactive ketones (excluding diaryl/α,β-unsaturated/α-hetero) is 1. The Labute approximate surface area is 454 Å². The highest BCUT2D eigenvalue weighted by Crippen LogP contribution is 2.85. The molecule has 0 amide bonds. The van der Waals surface area contributed by atoms with Gasteiger partial charge in [0.1, 0.15) is 24.1 Å². The van der Waals surface area contributed by atoms with Gasteiger partial charge in [-0.25, -0.2) is 4.79 Å². The third-order valence-corrected chi connectivity index (χ3v) is 24.3. The Morgan fingerprint density at radius 1 is 0.961 bits per heavy atom. The molecule has 7 heterocycles. The molecule has 4 spiro atoms. The Morgan fingerprint density at radius 2 is 1.78 bits per heavy atom. The SMILES string of the molecule is CC(C)CC[C@]1(C)O[C@H]2C3(CCCC3)C(=O)OC[C@]23[C@H]2CC[C@]4(C)[C@]56O[C@@H]5C(=O)O[C@]4(c4ccoc4C[C@@H]([C@@H]4CC[C@H]5[C@H](C=CN7CNC[C@@H]57)C4)[C@H](O)CO)CC#C[C@@H]4CC[C@H](Cc5ccccc5)C[C@@H]4[C@@]26[C@H](O)C(=O)[C@@H]31. The molecular weight excluding hydrogens is 973 g/mol.